The summed E-state index contributed by atoms with van der Waals surface area (Å²) in [6.07, 6.45) is 0. The molecule has 0 aliphatic rings. The van der Waals surface area contributed by atoms with Crippen LogP contribution in [0.15, 0.2) is 60.7 Å². The van der Waals surface area contributed by atoms with Crippen molar-refractivity contribution in [2.24, 2.45) is 0 Å². The van der Waals surface area contributed by atoms with E-state index >= 15 is 0 Å². The molecular formula is C26H29ClO5. The summed E-state index contributed by atoms with van der Waals surface area (Å²) in [4.78, 5) is 10.8. The summed E-state index contributed by atoms with van der Waals surface area (Å²) in [5.41, 5.74) is 3.67. The van der Waals surface area contributed by atoms with Crippen molar-refractivity contribution in [1.29, 1.82) is 0 Å². The topological polar surface area (TPSA) is 65.0 Å². The number of carboxylic acids is 1. The zero-order chi connectivity index (χ0) is 23.5. The van der Waals surface area contributed by atoms with Crippen molar-refractivity contribution in [3.05, 3.63) is 87.9 Å². The van der Waals surface area contributed by atoms with E-state index in [0.29, 0.717) is 23.9 Å². The smallest absolute Gasteiger partial charge is 0.341 e. The van der Waals surface area contributed by atoms with E-state index in [2.05, 4.69) is 0 Å². The van der Waals surface area contributed by atoms with Crippen LogP contribution in [0.4, 0.5) is 0 Å². The van der Waals surface area contributed by atoms with Crippen LogP contribution >= 0.6 is 11.6 Å². The molecule has 1 N–H and O–H groups in total. The molecule has 0 saturated carbocycles. The largest absolute Gasteiger partial charge is 0.489 e. The van der Waals surface area contributed by atoms with E-state index in [1.54, 1.807) is 0 Å². The number of ether oxygens (including phenoxy) is 3. The van der Waals surface area contributed by atoms with Crippen LogP contribution in [0.5, 0.6) is 17.2 Å². The van der Waals surface area contributed by atoms with Gasteiger partial charge in [-0.3, -0.25) is 0 Å². The summed E-state index contributed by atoms with van der Waals surface area (Å²) >= 11 is 6.06. The van der Waals surface area contributed by atoms with Gasteiger partial charge in [0.1, 0.15) is 30.5 Å². The van der Waals surface area contributed by atoms with Crippen molar-refractivity contribution >= 4 is 17.6 Å². The molecule has 0 aliphatic carbocycles. The Hall–Kier alpha value is -3.18. The third-order valence-corrected chi connectivity index (χ3v) is 4.89. The number of aliphatic carboxylic acids is 1. The van der Waals surface area contributed by atoms with E-state index in [-0.39, 0.29) is 6.61 Å². The quantitative estimate of drug-likeness (QED) is 0.392. The van der Waals surface area contributed by atoms with Gasteiger partial charge < -0.3 is 19.3 Å². The van der Waals surface area contributed by atoms with E-state index in [1.807, 2.05) is 88.4 Å². The fourth-order valence-corrected chi connectivity index (χ4v) is 3.06. The molecule has 0 heterocycles. The maximum atomic E-state index is 10.8. The number of hydrogen-bond donors (Lipinski definition) is 1. The number of carbonyl (C=O) groups is 1. The number of aryl methyl sites for hydroxylation is 2. The molecule has 0 spiro atoms. The minimum atomic E-state index is -1.02. The first-order valence-corrected chi connectivity index (χ1v) is 10.8. The molecule has 0 amide bonds. The van der Waals surface area contributed by atoms with Crippen molar-refractivity contribution in [3.8, 4) is 17.2 Å². The highest BCUT2D eigenvalue weighted by Crippen LogP contribution is 2.27. The maximum absolute atomic E-state index is 10.8. The van der Waals surface area contributed by atoms with Crippen LogP contribution in [0.25, 0.3) is 0 Å². The molecule has 170 valence electrons. The van der Waals surface area contributed by atoms with Gasteiger partial charge in [0, 0.05) is 16.7 Å². The van der Waals surface area contributed by atoms with Crippen LogP contribution in [-0.2, 0) is 18.0 Å². The van der Waals surface area contributed by atoms with Crippen molar-refractivity contribution in [1.82, 2.24) is 0 Å². The molecule has 32 heavy (non-hydrogen) atoms. The highest BCUT2D eigenvalue weighted by molar-refractivity contribution is 6.31. The van der Waals surface area contributed by atoms with Crippen molar-refractivity contribution in [3.63, 3.8) is 0 Å². The molecule has 3 aromatic rings. The van der Waals surface area contributed by atoms with Crippen LogP contribution in [-0.4, -0.2) is 17.7 Å². The van der Waals surface area contributed by atoms with Gasteiger partial charge in [0.05, 0.1) is 0 Å². The van der Waals surface area contributed by atoms with E-state index < -0.39 is 12.6 Å². The summed E-state index contributed by atoms with van der Waals surface area (Å²) in [7, 11) is 0. The third-order valence-electron chi connectivity index (χ3n) is 4.46. The standard InChI is InChI=1S/C24H23ClO5.C2H6/c1-16-5-3-6-19(24(16)30-15-23(26)27)14-29-21-8-4-7-20(12-21)28-13-18-9-10-22(25)17(2)11-18;1-2/h3-12H,13-15H2,1-2H3,(H,26,27);1-2H3. The third kappa shape index (κ3) is 7.50. The molecule has 3 rings (SSSR count). The zero-order valence-corrected chi connectivity index (χ0v) is 19.6. The lowest BCUT2D eigenvalue weighted by molar-refractivity contribution is -0.139. The van der Waals surface area contributed by atoms with Crippen molar-refractivity contribution < 1.29 is 24.1 Å². The van der Waals surface area contributed by atoms with Crippen LogP contribution in [0, 0.1) is 13.8 Å². The minimum absolute atomic E-state index is 0.246. The Morgan fingerprint density at radius 2 is 1.50 bits per heavy atom. The van der Waals surface area contributed by atoms with Gasteiger partial charge in [-0.25, -0.2) is 4.79 Å². The predicted molar refractivity (Wildman–Crippen MR) is 127 cm³/mol. The Kier molecular flexibility index (Phi) is 9.89. The molecule has 6 heteroatoms. The number of hydrogen-bond acceptors (Lipinski definition) is 4. The lowest BCUT2D eigenvalue weighted by Crippen LogP contribution is -2.12. The van der Waals surface area contributed by atoms with Gasteiger partial charge in [-0.15, -0.1) is 0 Å². The second-order valence-electron chi connectivity index (χ2n) is 6.88. The molecule has 0 aliphatic heterocycles. The predicted octanol–water partition coefficient (Wildman–Crippen LogP) is 6.60. The normalized spacial score (nSPS) is 10.0. The monoisotopic (exact) mass is 456 g/mol. The first kappa shape index (κ1) is 25.1. The summed E-state index contributed by atoms with van der Waals surface area (Å²) in [6, 6.07) is 18.8. The van der Waals surface area contributed by atoms with Gasteiger partial charge in [-0.2, -0.15) is 0 Å². The minimum Gasteiger partial charge on any atom is -0.489 e. The fraction of sp³-hybridized carbons (Fsp3) is 0.269. The van der Waals surface area contributed by atoms with Gasteiger partial charge in [0.2, 0.25) is 0 Å². The number of rotatable bonds is 9. The molecule has 5 nitrogen and oxygen atoms in total. The first-order chi connectivity index (χ1) is 15.4. The van der Waals surface area contributed by atoms with E-state index in [1.165, 1.54) is 0 Å². The van der Waals surface area contributed by atoms with Crippen molar-refractivity contribution in [2.45, 2.75) is 40.9 Å². The van der Waals surface area contributed by atoms with Crippen LogP contribution < -0.4 is 14.2 Å². The number of benzene rings is 3. The van der Waals surface area contributed by atoms with Gasteiger partial charge in [0.15, 0.2) is 6.61 Å². The number of halogens is 1. The Bertz CT molecular complexity index is 1030. The molecule has 0 bridgehead atoms. The Morgan fingerprint density at radius 1 is 0.844 bits per heavy atom. The van der Waals surface area contributed by atoms with Gasteiger partial charge in [-0.05, 0) is 48.7 Å². The Balaban J connectivity index is 0.00000176. The first-order valence-electron chi connectivity index (χ1n) is 10.5. The molecule has 0 aromatic heterocycles. The average Bonchev–Trinajstić information content (AvgIpc) is 2.79. The lowest BCUT2D eigenvalue weighted by Gasteiger charge is -2.14. The summed E-state index contributed by atoms with van der Waals surface area (Å²) in [5, 5.41) is 9.61. The number of para-hydroxylation sites is 1. The molecule has 3 aromatic carbocycles. The maximum Gasteiger partial charge on any atom is 0.341 e. The fourth-order valence-electron chi connectivity index (χ4n) is 2.95. The lowest BCUT2D eigenvalue weighted by atomic mass is 10.1. The Morgan fingerprint density at radius 3 is 2.16 bits per heavy atom. The van der Waals surface area contributed by atoms with Crippen LogP contribution in [0.3, 0.4) is 0 Å². The number of carboxylic acid groups (broad SMARTS) is 1. The summed E-state index contributed by atoms with van der Waals surface area (Å²) in [5.74, 6) is 0.841. The molecule has 0 radical (unpaired) electrons. The van der Waals surface area contributed by atoms with Gasteiger partial charge in [0.25, 0.3) is 0 Å². The second-order valence-corrected chi connectivity index (χ2v) is 7.29. The molecule has 0 saturated heterocycles. The van der Waals surface area contributed by atoms with Gasteiger partial charge in [-0.1, -0.05) is 61.8 Å². The second kappa shape index (κ2) is 12.6. The summed E-state index contributed by atoms with van der Waals surface area (Å²) in [6.45, 7) is 8.10. The van der Waals surface area contributed by atoms with E-state index in [0.717, 1.165) is 27.3 Å². The van der Waals surface area contributed by atoms with Crippen molar-refractivity contribution in [2.75, 3.05) is 6.61 Å². The highest BCUT2D eigenvalue weighted by atomic mass is 35.5. The van der Waals surface area contributed by atoms with Crippen LogP contribution in [0.2, 0.25) is 5.02 Å². The Labute approximate surface area is 194 Å². The zero-order valence-electron chi connectivity index (χ0n) is 18.9. The molecule has 0 fully saturated rings. The molecule has 0 atom stereocenters. The molecular weight excluding hydrogens is 428 g/mol. The van der Waals surface area contributed by atoms with E-state index in [9.17, 15) is 4.79 Å². The highest BCUT2D eigenvalue weighted by Gasteiger charge is 2.10. The van der Waals surface area contributed by atoms with Crippen LogP contribution in [0.1, 0.15) is 36.1 Å². The SMILES string of the molecule is CC.Cc1cc(COc2cccc(OCc3cccc(C)c3OCC(=O)O)c2)ccc1Cl. The summed E-state index contributed by atoms with van der Waals surface area (Å²) < 4.78 is 17.2. The van der Waals surface area contributed by atoms with Gasteiger partial charge >= 0.3 is 5.97 Å². The van der Waals surface area contributed by atoms with E-state index in [4.69, 9.17) is 30.9 Å². The molecule has 0 unspecified atom stereocenters. The average molecular weight is 457 g/mol.